The van der Waals surface area contributed by atoms with Gasteiger partial charge in [-0.25, -0.2) is 0 Å². The van der Waals surface area contributed by atoms with E-state index in [1.807, 2.05) is 26.2 Å². The van der Waals surface area contributed by atoms with Crippen LogP contribution in [-0.4, -0.2) is 56.8 Å². The van der Waals surface area contributed by atoms with Crippen LogP contribution in [-0.2, 0) is 10.2 Å². The van der Waals surface area contributed by atoms with Crippen molar-refractivity contribution in [1.29, 1.82) is 0 Å². The summed E-state index contributed by atoms with van der Waals surface area (Å²) in [6.07, 6.45) is 3.90. The number of fused-ring (bicyclic) bond motifs is 2. The van der Waals surface area contributed by atoms with Crippen LogP contribution in [0.25, 0.3) is 0 Å². The standard InChI is InChI=1S/C13H19N3O.C2H6/c1-15-8-13(9-16(10-13)5-6-17-2)11-3-4-14-7-12(11)15;1-2/h3-4,7H,5-6,8-10H2,1-2H3;1-2H3. The van der Waals surface area contributed by atoms with Gasteiger partial charge in [-0.2, -0.15) is 0 Å². The van der Waals surface area contributed by atoms with E-state index in [1.165, 1.54) is 11.3 Å². The molecule has 0 unspecified atom stereocenters. The van der Waals surface area contributed by atoms with Gasteiger partial charge < -0.3 is 9.64 Å². The number of rotatable bonds is 3. The number of hydrogen-bond acceptors (Lipinski definition) is 4. The van der Waals surface area contributed by atoms with E-state index in [0.29, 0.717) is 5.41 Å². The third-order valence-corrected chi connectivity index (χ3v) is 3.99. The lowest BCUT2D eigenvalue weighted by atomic mass is 9.75. The first-order valence-corrected chi connectivity index (χ1v) is 7.12. The molecular formula is C15H25N3O. The first-order chi connectivity index (χ1) is 9.25. The van der Waals surface area contributed by atoms with Crippen LogP contribution in [0, 0.1) is 0 Å². The van der Waals surface area contributed by atoms with Gasteiger partial charge in [-0.05, 0) is 11.6 Å². The highest BCUT2D eigenvalue weighted by atomic mass is 16.5. The van der Waals surface area contributed by atoms with Crippen molar-refractivity contribution in [3.63, 3.8) is 0 Å². The largest absolute Gasteiger partial charge is 0.383 e. The van der Waals surface area contributed by atoms with E-state index in [0.717, 1.165) is 32.8 Å². The van der Waals surface area contributed by atoms with Crippen molar-refractivity contribution in [3.8, 4) is 0 Å². The molecule has 106 valence electrons. The molecule has 1 aromatic heterocycles. The SMILES string of the molecule is CC.COCCN1CC2(C1)CN(C)c1cnccc12. The molecular weight excluding hydrogens is 238 g/mol. The Morgan fingerprint density at radius 1 is 1.32 bits per heavy atom. The molecule has 1 fully saturated rings. The van der Waals surface area contributed by atoms with Crippen LogP contribution >= 0.6 is 0 Å². The van der Waals surface area contributed by atoms with E-state index in [1.54, 1.807) is 7.11 Å². The van der Waals surface area contributed by atoms with Crippen LogP contribution < -0.4 is 4.90 Å². The number of likely N-dealkylation sites (tertiary alicyclic amines) is 1. The van der Waals surface area contributed by atoms with Crippen LogP contribution in [0.4, 0.5) is 5.69 Å². The predicted octanol–water partition coefficient (Wildman–Crippen LogP) is 1.76. The van der Waals surface area contributed by atoms with Gasteiger partial charge in [0.25, 0.3) is 0 Å². The fraction of sp³-hybridized carbons (Fsp3) is 0.667. The molecule has 4 nitrogen and oxygen atoms in total. The van der Waals surface area contributed by atoms with Crippen molar-refractivity contribution < 1.29 is 4.74 Å². The average molecular weight is 263 g/mol. The Kier molecular flexibility index (Phi) is 4.42. The van der Waals surface area contributed by atoms with Crippen molar-refractivity contribution in [1.82, 2.24) is 9.88 Å². The van der Waals surface area contributed by atoms with Crippen molar-refractivity contribution in [2.75, 3.05) is 51.8 Å². The second-order valence-electron chi connectivity index (χ2n) is 5.23. The van der Waals surface area contributed by atoms with Crippen LogP contribution in [0.5, 0.6) is 0 Å². The highest BCUT2D eigenvalue weighted by Gasteiger charge is 2.49. The van der Waals surface area contributed by atoms with E-state index in [-0.39, 0.29) is 0 Å². The lowest BCUT2D eigenvalue weighted by molar-refractivity contribution is 0.0475. The number of anilines is 1. The van der Waals surface area contributed by atoms with Gasteiger partial charge in [0.05, 0.1) is 18.5 Å². The van der Waals surface area contributed by atoms with Gasteiger partial charge >= 0.3 is 0 Å². The Bertz CT molecular complexity index is 416. The molecule has 19 heavy (non-hydrogen) atoms. The van der Waals surface area contributed by atoms with Crippen molar-refractivity contribution >= 4 is 5.69 Å². The molecule has 2 aliphatic heterocycles. The van der Waals surface area contributed by atoms with Gasteiger partial charge in [-0.3, -0.25) is 9.88 Å². The molecule has 1 spiro atoms. The summed E-state index contributed by atoms with van der Waals surface area (Å²) in [5.74, 6) is 0. The van der Waals surface area contributed by atoms with E-state index >= 15 is 0 Å². The first kappa shape index (κ1) is 14.3. The summed E-state index contributed by atoms with van der Waals surface area (Å²) in [5, 5.41) is 0. The van der Waals surface area contributed by atoms with Crippen molar-refractivity contribution in [3.05, 3.63) is 24.0 Å². The summed E-state index contributed by atoms with van der Waals surface area (Å²) in [6.45, 7) is 9.30. The van der Waals surface area contributed by atoms with Gasteiger partial charge in [0.1, 0.15) is 0 Å². The average Bonchev–Trinajstić information content (AvgIpc) is 2.72. The first-order valence-electron chi connectivity index (χ1n) is 7.12. The summed E-state index contributed by atoms with van der Waals surface area (Å²) < 4.78 is 5.13. The molecule has 0 bridgehead atoms. The Morgan fingerprint density at radius 2 is 2.05 bits per heavy atom. The number of likely N-dealkylation sites (N-methyl/N-ethyl adjacent to an activating group) is 1. The molecule has 2 aliphatic rings. The number of aromatic nitrogens is 1. The van der Waals surface area contributed by atoms with Crippen LogP contribution in [0.2, 0.25) is 0 Å². The molecule has 0 N–H and O–H groups in total. The highest BCUT2D eigenvalue weighted by Crippen LogP contribution is 2.44. The number of ether oxygens (including phenoxy) is 1. The topological polar surface area (TPSA) is 28.6 Å². The molecule has 4 heteroatoms. The predicted molar refractivity (Wildman–Crippen MR) is 78.8 cm³/mol. The number of nitrogens with zero attached hydrogens (tertiary/aromatic N) is 3. The minimum absolute atomic E-state index is 0.348. The zero-order valence-corrected chi connectivity index (χ0v) is 12.5. The molecule has 0 saturated carbocycles. The molecule has 0 atom stereocenters. The normalized spacial score (nSPS) is 19.7. The Morgan fingerprint density at radius 3 is 2.74 bits per heavy atom. The van der Waals surface area contributed by atoms with Crippen molar-refractivity contribution in [2.24, 2.45) is 0 Å². The molecule has 0 aliphatic carbocycles. The summed E-state index contributed by atoms with van der Waals surface area (Å²) >= 11 is 0. The van der Waals surface area contributed by atoms with Gasteiger partial charge in [0.2, 0.25) is 0 Å². The summed E-state index contributed by atoms with van der Waals surface area (Å²) in [5.41, 5.74) is 3.13. The molecule has 3 rings (SSSR count). The molecule has 1 aromatic rings. The van der Waals surface area contributed by atoms with E-state index in [2.05, 4.69) is 27.9 Å². The zero-order chi connectivity index (χ0) is 13.9. The Hall–Kier alpha value is -1.13. The number of hydrogen-bond donors (Lipinski definition) is 0. The van der Waals surface area contributed by atoms with Gasteiger partial charge in [0.15, 0.2) is 0 Å². The molecule has 0 aromatic carbocycles. The Labute approximate surface area is 116 Å². The van der Waals surface area contributed by atoms with Crippen LogP contribution in [0.15, 0.2) is 18.5 Å². The van der Waals surface area contributed by atoms with Crippen LogP contribution in [0.1, 0.15) is 19.4 Å². The van der Waals surface area contributed by atoms with Gasteiger partial charge in [0, 0.05) is 51.9 Å². The second kappa shape index (κ2) is 5.88. The molecule has 0 radical (unpaired) electrons. The van der Waals surface area contributed by atoms with Gasteiger partial charge in [-0.1, -0.05) is 13.8 Å². The maximum atomic E-state index is 5.13. The highest BCUT2D eigenvalue weighted by molar-refractivity contribution is 5.62. The van der Waals surface area contributed by atoms with E-state index in [4.69, 9.17) is 4.74 Å². The quantitative estimate of drug-likeness (QED) is 0.831. The van der Waals surface area contributed by atoms with E-state index in [9.17, 15) is 0 Å². The fourth-order valence-corrected chi connectivity index (χ4v) is 3.22. The maximum Gasteiger partial charge on any atom is 0.0590 e. The van der Waals surface area contributed by atoms with Gasteiger partial charge in [-0.15, -0.1) is 0 Å². The summed E-state index contributed by atoms with van der Waals surface area (Å²) in [7, 11) is 3.92. The molecule has 0 amide bonds. The minimum Gasteiger partial charge on any atom is -0.383 e. The molecule has 3 heterocycles. The van der Waals surface area contributed by atoms with Crippen LogP contribution in [0.3, 0.4) is 0 Å². The monoisotopic (exact) mass is 263 g/mol. The fourth-order valence-electron chi connectivity index (χ4n) is 3.22. The molecule has 1 saturated heterocycles. The minimum atomic E-state index is 0.348. The zero-order valence-electron chi connectivity index (χ0n) is 12.5. The third kappa shape index (κ3) is 2.47. The summed E-state index contributed by atoms with van der Waals surface area (Å²) in [4.78, 5) is 9.02. The second-order valence-corrected chi connectivity index (χ2v) is 5.23. The smallest absolute Gasteiger partial charge is 0.0590 e. The number of methoxy groups -OCH3 is 1. The van der Waals surface area contributed by atoms with Crippen molar-refractivity contribution in [2.45, 2.75) is 19.3 Å². The Balaban J connectivity index is 0.000000637. The van der Waals surface area contributed by atoms with E-state index < -0.39 is 0 Å². The summed E-state index contributed by atoms with van der Waals surface area (Å²) in [6, 6.07) is 2.19. The maximum absolute atomic E-state index is 5.13. The third-order valence-electron chi connectivity index (χ3n) is 3.99. The lowest BCUT2D eigenvalue weighted by Gasteiger charge is -2.48. The lowest BCUT2D eigenvalue weighted by Crippen LogP contribution is -2.61. The number of pyridine rings is 1.